The molecule has 0 aromatic carbocycles. The van der Waals surface area contributed by atoms with Crippen molar-refractivity contribution in [1.82, 2.24) is 9.36 Å². The summed E-state index contributed by atoms with van der Waals surface area (Å²) in [7, 11) is 0. The van der Waals surface area contributed by atoms with E-state index < -0.39 is 12.0 Å². The Balaban J connectivity index is 1.78. The lowest BCUT2D eigenvalue weighted by Gasteiger charge is -2.19. The average Bonchev–Trinajstić information content (AvgIpc) is 3.10. The molecular formula is C12H17N3O2S. The Morgan fingerprint density at radius 2 is 2.06 bits per heavy atom. The van der Waals surface area contributed by atoms with Crippen LogP contribution in [-0.4, -0.2) is 33.0 Å². The molecule has 6 heteroatoms. The summed E-state index contributed by atoms with van der Waals surface area (Å²) in [4.78, 5) is 17.6. The second-order valence-electron chi connectivity index (χ2n) is 5.11. The largest absolute Gasteiger partial charge is 0.480 e. The van der Waals surface area contributed by atoms with E-state index in [0.717, 1.165) is 23.9 Å². The van der Waals surface area contributed by atoms with Crippen LogP contribution >= 0.6 is 11.5 Å². The molecular weight excluding hydrogens is 250 g/mol. The molecule has 1 aromatic rings. The van der Waals surface area contributed by atoms with E-state index in [-0.39, 0.29) is 0 Å². The summed E-state index contributed by atoms with van der Waals surface area (Å²) in [5, 5.41) is 9.97. The van der Waals surface area contributed by atoms with Crippen LogP contribution in [0.15, 0.2) is 0 Å². The zero-order valence-corrected chi connectivity index (χ0v) is 11.0. The van der Waals surface area contributed by atoms with Crippen LogP contribution in [0.5, 0.6) is 0 Å². The number of carboxylic acids is 1. The molecule has 3 rings (SSSR count). The van der Waals surface area contributed by atoms with Crippen molar-refractivity contribution >= 4 is 22.6 Å². The van der Waals surface area contributed by atoms with Gasteiger partial charge in [0.1, 0.15) is 11.9 Å². The van der Waals surface area contributed by atoms with E-state index in [9.17, 15) is 9.90 Å². The number of nitrogens with zero attached hydrogens (tertiary/aromatic N) is 3. The summed E-state index contributed by atoms with van der Waals surface area (Å²) in [6.45, 7) is 0.788. The van der Waals surface area contributed by atoms with Crippen molar-refractivity contribution in [2.24, 2.45) is 0 Å². The van der Waals surface area contributed by atoms with E-state index in [0.29, 0.717) is 12.3 Å². The van der Waals surface area contributed by atoms with Crippen LogP contribution in [0.4, 0.5) is 5.13 Å². The van der Waals surface area contributed by atoms with Gasteiger partial charge < -0.3 is 10.0 Å². The maximum Gasteiger partial charge on any atom is 0.326 e. The highest BCUT2D eigenvalue weighted by molar-refractivity contribution is 7.09. The van der Waals surface area contributed by atoms with E-state index in [4.69, 9.17) is 0 Å². The van der Waals surface area contributed by atoms with Gasteiger partial charge in [-0.1, -0.05) is 12.8 Å². The molecule has 0 unspecified atom stereocenters. The quantitative estimate of drug-likeness (QED) is 0.909. The number of hydrogen-bond acceptors (Lipinski definition) is 5. The number of anilines is 1. The first-order valence-electron chi connectivity index (χ1n) is 6.59. The second-order valence-corrected chi connectivity index (χ2v) is 5.84. The first-order valence-corrected chi connectivity index (χ1v) is 7.36. The van der Waals surface area contributed by atoms with Gasteiger partial charge in [-0.2, -0.15) is 4.37 Å². The predicted octanol–water partition coefficient (Wildman–Crippen LogP) is 2.25. The van der Waals surface area contributed by atoms with Gasteiger partial charge in [-0.25, -0.2) is 9.78 Å². The Labute approximate surface area is 110 Å². The lowest BCUT2D eigenvalue weighted by atomic mass is 10.1. The Bertz CT molecular complexity index is 442. The molecule has 1 aromatic heterocycles. The predicted molar refractivity (Wildman–Crippen MR) is 69.1 cm³/mol. The normalized spacial score (nSPS) is 24.9. The van der Waals surface area contributed by atoms with Gasteiger partial charge >= 0.3 is 5.97 Å². The van der Waals surface area contributed by atoms with E-state index in [1.165, 1.54) is 37.2 Å². The number of aromatic nitrogens is 2. The monoisotopic (exact) mass is 267 g/mol. The molecule has 2 heterocycles. The maximum absolute atomic E-state index is 11.2. The lowest BCUT2D eigenvalue weighted by molar-refractivity contribution is -0.138. The van der Waals surface area contributed by atoms with Gasteiger partial charge in [-0.15, -0.1) is 0 Å². The molecule has 1 aliphatic carbocycles. The van der Waals surface area contributed by atoms with Gasteiger partial charge in [0.05, 0.1) is 0 Å². The minimum Gasteiger partial charge on any atom is -0.480 e. The van der Waals surface area contributed by atoms with Crippen LogP contribution in [0.2, 0.25) is 0 Å². The molecule has 1 atom stereocenters. The van der Waals surface area contributed by atoms with Crippen LogP contribution in [-0.2, 0) is 4.79 Å². The molecule has 98 valence electrons. The number of hydrogen-bond donors (Lipinski definition) is 1. The van der Waals surface area contributed by atoms with Crippen molar-refractivity contribution in [2.45, 2.75) is 50.5 Å². The summed E-state index contributed by atoms with van der Waals surface area (Å²) in [6.07, 6.45) is 6.53. The van der Waals surface area contributed by atoms with Gasteiger partial charge in [0.25, 0.3) is 0 Å². The summed E-state index contributed by atoms with van der Waals surface area (Å²) in [6, 6.07) is -0.408. The molecule has 2 aliphatic rings. The topological polar surface area (TPSA) is 66.3 Å². The number of rotatable bonds is 3. The van der Waals surface area contributed by atoms with Crippen LogP contribution in [0.25, 0.3) is 0 Å². The molecule has 0 amide bonds. The van der Waals surface area contributed by atoms with Crippen LogP contribution in [0, 0.1) is 0 Å². The third-order valence-electron chi connectivity index (χ3n) is 3.93. The fourth-order valence-electron chi connectivity index (χ4n) is 2.95. The minimum absolute atomic E-state index is 0.408. The minimum atomic E-state index is -0.745. The second kappa shape index (κ2) is 4.84. The van der Waals surface area contributed by atoms with E-state index in [1.54, 1.807) is 0 Å². The van der Waals surface area contributed by atoms with Gasteiger partial charge in [-0.05, 0) is 25.7 Å². The third-order valence-corrected chi connectivity index (χ3v) is 4.70. The van der Waals surface area contributed by atoms with Crippen molar-refractivity contribution in [1.29, 1.82) is 0 Å². The van der Waals surface area contributed by atoms with Gasteiger partial charge in [0.15, 0.2) is 0 Å². The standard InChI is InChI=1S/C12H17N3O2S/c16-11(17)9-6-3-7-15(9)12-13-10(14-18-12)8-4-1-2-5-8/h8-9H,1-7H2,(H,16,17)/t9-/m1/s1. The fourth-order valence-corrected chi connectivity index (χ4v) is 3.77. The van der Waals surface area contributed by atoms with Gasteiger partial charge in [0.2, 0.25) is 5.13 Å². The van der Waals surface area contributed by atoms with Crippen molar-refractivity contribution in [3.8, 4) is 0 Å². The highest BCUT2D eigenvalue weighted by Crippen LogP contribution is 2.35. The summed E-state index contributed by atoms with van der Waals surface area (Å²) in [5.74, 6) is 0.689. The number of carboxylic acid groups (broad SMARTS) is 1. The molecule has 0 bridgehead atoms. The highest BCUT2D eigenvalue weighted by atomic mass is 32.1. The molecule has 5 nitrogen and oxygen atoms in total. The molecule has 2 fully saturated rings. The zero-order valence-electron chi connectivity index (χ0n) is 10.2. The van der Waals surface area contributed by atoms with Crippen molar-refractivity contribution < 1.29 is 9.90 Å². The van der Waals surface area contributed by atoms with E-state index in [2.05, 4.69) is 9.36 Å². The Morgan fingerprint density at radius 3 is 2.78 bits per heavy atom. The summed E-state index contributed by atoms with van der Waals surface area (Å²) >= 11 is 1.36. The first-order chi connectivity index (χ1) is 8.75. The average molecular weight is 267 g/mol. The summed E-state index contributed by atoms with van der Waals surface area (Å²) < 4.78 is 4.43. The smallest absolute Gasteiger partial charge is 0.326 e. The van der Waals surface area contributed by atoms with Crippen LogP contribution in [0.1, 0.15) is 50.3 Å². The first kappa shape index (κ1) is 11.9. The third kappa shape index (κ3) is 2.09. The molecule has 1 aliphatic heterocycles. The van der Waals surface area contributed by atoms with Gasteiger partial charge in [0, 0.05) is 24.0 Å². The molecule has 1 N–H and O–H groups in total. The Hall–Kier alpha value is -1.17. The lowest BCUT2D eigenvalue weighted by Crippen LogP contribution is -2.35. The van der Waals surface area contributed by atoms with E-state index in [1.807, 2.05) is 4.90 Å². The van der Waals surface area contributed by atoms with Crippen molar-refractivity contribution in [3.63, 3.8) is 0 Å². The van der Waals surface area contributed by atoms with E-state index >= 15 is 0 Å². The fraction of sp³-hybridized carbons (Fsp3) is 0.750. The number of carbonyl (C=O) groups is 1. The SMILES string of the molecule is O=C(O)[C@H]1CCCN1c1nc(C2CCCC2)ns1. The van der Waals surface area contributed by atoms with Crippen molar-refractivity contribution in [3.05, 3.63) is 5.82 Å². The molecule has 0 radical (unpaired) electrons. The van der Waals surface area contributed by atoms with Gasteiger partial charge in [-0.3, -0.25) is 0 Å². The molecule has 1 saturated carbocycles. The maximum atomic E-state index is 11.2. The van der Waals surface area contributed by atoms with Crippen LogP contribution < -0.4 is 4.90 Å². The van der Waals surface area contributed by atoms with Crippen molar-refractivity contribution in [2.75, 3.05) is 11.4 Å². The van der Waals surface area contributed by atoms with Crippen LogP contribution in [0.3, 0.4) is 0 Å². The Kier molecular flexibility index (Phi) is 3.20. The highest BCUT2D eigenvalue weighted by Gasteiger charge is 2.33. The summed E-state index contributed by atoms with van der Waals surface area (Å²) in [5.41, 5.74) is 0. The molecule has 1 saturated heterocycles. The number of aliphatic carboxylic acids is 1. The molecule has 18 heavy (non-hydrogen) atoms. The Morgan fingerprint density at radius 1 is 1.28 bits per heavy atom. The zero-order chi connectivity index (χ0) is 12.5. The molecule has 0 spiro atoms.